The SMILES string of the molecule is CCNC(=O)c1cc(S(=O)(=O)Nc2cccc(C(=O)OCC)c2)ccc1OC. The molecule has 0 heterocycles. The van der Waals surface area contributed by atoms with Crippen LogP contribution in [0.2, 0.25) is 0 Å². The molecule has 8 nitrogen and oxygen atoms in total. The molecule has 0 aliphatic rings. The number of ether oxygens (including phenoxy) is 2. The van der Waals surface area contributed by atoms with E-state index in [2.05, 4.69) is 10.0 Å². The van der Waals surface area contributed by atoms with E-state index >= 15 is 0 Å². The summed E-state index contributed by atoms with van der Waals surface area (Å²) in [6.45, 7) is 4.03. The molecule has 2 N–H and O–H groups in total. The number of sulfonamides is 1. The minimum Gasteiger partial charge on any atom is -0.496 e. The number of amides is 1. The summed E-state index contributed by atoms with van der Waals surface area (Å²) in [5.41, 5.74) is 0.522. The van der Waals surface area contributed by atoms with Gasteiger partial charge < -0.3 is 14.8 Å². The lowest BCUT2D eigenvalue weighted by molar-refractivity contribution is 0.0526. The average Bonchev–Trinajstić information content (AvgIpc) is 2.67. The first-order valence-electron chi connectivity index (χ1n) is 8.58. The lowest BCUT2D eigenvalue weighted by Crippen LogP contribution is -2.24. The number of anilines is 1. The van der Waals surface area contributed by atoms with Crippen LogP contribution in [0, 0.1) is 0 Å². The molecule has 2 rings (SSSR count). The van der Waals surface area contributed by atoms with Gasteiger partial charge in [0, 0.05) is 12.2 Å². The van der Waals surface area contributed by atoms with Crippen LogP contribution in [0.25, 0.3) is 0 Å². The fourth-order valence-electron chi connectivity index (χ4n) is 2.43. The molecule has 0 spiro atoms. The fourth-order valence-corrected chi connectivity index (χ4v) is 3.50. The maximum Gasteiger partial charge on any atom is 0.338 e. The molecule has 150 valence electrons. The van der Waals surface area contributed by atoms with Crippen molar-refractivity contribution in [3.05, 3.63) is 53.6 Å². The Hall–Kier alpha value is -3.07. The molecule has 9 heteroatoms. The molecule has 1 amide bonds. The van der Waals surface area contributed by atoms with Crippen LogP contribution in [0.5, 0.6) is 5.75 Å². The minimum absolute atomic E-state index is 0.104. The first-order chi connectivity index (χ1) is 13.3. The largest absolute Gasteiger partial charge is 0.496 e. The van der Waals surface area contributed by atoms with Crippen LogP contribution >= 0.6 is 0 Å². The quantitative estimate of drug-likeness (QED) is 0.652. The zero-order valence-electron chi connectivity index (χ0n) is 15.8. The highest BCUT2D eigenvalue weighted by Crippen LogP contribution is 2.24. The summed E-state index contributed by atoms with van der Waals surface area (Å²) in [6.07, 6.45) is 0. The van der Waals surface area contributed by atoms with Crippen LogP contribution in [0.15, 0.2) is 47.4 Å². The fraction of sp³-hybridized carbons (Fsp3) is 0.263. The number of nitrogens with one attached hydrogen (secondary N) is 2. The maximum absolute atomic E-state index is 12.7. The van der Waals surface area contributed by atoms with Crippen molar-refractivity contribution < 1.29 is 27.5 Å². The van der Waals surface area contributed by atoms with Gasteiger partial charge in [-0.15, -0.1) is 0 Å². The Kier molecular flexibility index (Phi) is 7.00. The van der Waals surface area contributed by atoms with Gasteiger partial charge in [-0.2, -0.15) is 0 Å². The summed E-state index contributed by atoms with van der Waals surface area (Å²) in [4.78, 5) is 23.9. The number of rotatable bonds is 8. The van der Waals surface area contributed by atoms with E-state index in [1.807, 2.05) is 0 Å². The number of carbonyl (C=O) groups is 2. The number of benzene rings is 2. The van der Waals surface area contributed by atoms with Crippen molar-refractivity contribution in [2.24, 2.45) is 0 Å². The van der Waals surface area contributed by atoms with Crippen LogP contribution in [0.3, 0.4) is 0 Å². The number of carbonyl (C=O) groups excluding carboxylic acids is 2. The summed E-state index contributed by atoms with van der Waals surface area (Å²) >= 11 is 0. The Bertz CT molecular complexity index is 972. The van der Waals surface area contributed by atoms with E-state index in [0.717, 1.165) is 0 Å². The predicted molar refractivity (Wildman–Crippen MR) is 104 cm³/mol. The second-order valence-corrected chi connectivity index (χ2v) is 7.31. The number of methoxy groups -OCH3 is 1. The third-order valence-corrected chi connectivity index (χ3v) is 5.07. The zero-order chi connectivity index (χ0) is 20.7. The lowest BCUT2D eigenvalue weighted by atomic mass is 10.2. The molecular weight excluding hydrogens is 384 g/mol. The molecule has 0 radical (unpaired) electrons. The molecular formula is C19H22N2O6S. The Morgan fingerprint density at radius 2 is 1.82 bits per heavy atom. The van der Waals surface area contributed by atoms with Crippen LogP contribution in [-0.2, 0) is 14.8 Å². The van der Waals surface area contributed by atoms with Gasteiger partial charge in [0.15, 0.2) is 0 Å². The highest BCUT2D eigenvalue weighted by molar-refractivity contribution is 7.92. The minimum atomic E-state index is -4.00. The van der Waals surface area contributed by atoms with Gasteiger partial charge in [0.2, 0.25) is 0 Å². The topological polar surface area (TPSA) is 111 Å². The maximum atomic E-state index is 12.7. The summed E-state index contributed by atoms with van der Waals surface area (Å²) in [6, 6.07) is 9.93. The standard InChI is InChI=1S/C19H22N2O6S/c1-4-20-18(22)16-12-15(9-10-17(16)26-3)28(24,25)21-14-8-6-7-13(11-14)19(23)27-5-2/h6-12,21H,4-5H2,1-3H3,(H,20,22). The van der Waals surface area contributed by atoms with E-state index in [1.54, 1.807) is 13.8 Å². The van der Waals surface area contributed by atoms with Crippen molar-refractivity contribution in [3.8, 4) is 5.75 Å². The summed E-state index contributed by atoms with van der Waals surface area (Å²) in [5.74, 6) is -0.735. The molecule has 0 bridgehead atoms. The third kappa shape index (κ3) is 5.01. The van der Waals surface area contributed by atoms with E-state index in [0.29, 0.717) is 6.54 Å². The molecule has 0 aliphatic heterocycles. The smallest absolute Gasteiger partial charge is 0.338 e. The van der Waals surface area contributed by atoms with E-state index in [4.69, 9.17) is 9.47 Å². The van der Waals surface area contributed by atoms with Crippen LogP contribution < -0.4 is 14.8 Å². The van der Waals surface area contributed by atoms with E-state index in [-0.39, 0.29) is 34.1 Å². The summed E-state index contributed by atoms with van der Waals surface area (Å²) in [5, 5.41) is 2.61. The molecule has 0 aliphatic carbocycles. The highest BCUT2D eigenvalue weighted by atomic mass is 32.2. The van der Waals surface area contributed by atoms with Crippen molar-refractivity contribution in [3.63, 3.8) is 0 Å². The molecule has 0 saturated carbocycles. The van der Waals surface area contributed by atoms with Crippen LogP contribution in [0.4, 0.5) is 5.69 Å². The van der Waals surface area contributed by atoms with Crippen LogP contribution in [0.1, 0.15) is 34.6 Å². The van der Waals surface area contributed by atoms with Gasteiger partial charge in [-0.1, -0.05) is 6.07 Å². The Morgan fingerprint density at radius 3 is 2.46 bits per heavy atom. The van der Waals surface area contributed by atoms with Crippen molar-refractivity contribution >= 4 is 27.6 Å². The normalized spacial score (nSPS) is 10.8. The summed E-state index contributed by atoms with van der Waals surface area (Å²) in [7, 11) is -2.61. The van der Waals surface area contributed by atoms with Gasteiger partial charge in [0.1, 0.15) is 5.75 Å². The summed E-state index contributed by atoms with van der Waals surface area (Å²) < 4.78 is 37.9. The van der Waals surface area contributed by atoms with Gasteiger partial charge in [-0.3, -0.25) is 9.52 Å². The van der Waals surface area contributed by atoms with E-state index in [1.165, 1.54) is 49.6 Å². The van der Waals surface area contributed by atoms with E-state index in [9.17, 15) is 18.0 Å². The first-order valence-corrected chi connectivity index (χ1v) is 10.1. The van der Waals surface area contributed by atoms with Gasteiger partial charge in [-0.05, 0) is 50.2 Å². The van der Waals surface area contributed by atoms with Gasteiger partial charge in [0.25, 0.3) is 15.9 Å². The third-order valence-electron chi connectivity index (χ3n) is 3.69. The molecule has 28 heavy (non-hydrogen) atoms. The molecule has 2 aromatic carbocycles. The van der Waals surface area contributed by atoms with Gasteiger partial charge >= 0.3 is 5.97 Å². The molecule has 0 fully saturated rings. The van der Waals surface area contributed by atoms with Crippen LogP contribution in [-0.4, -0.2) is 40.6 Å². The first kappa shape index (κ1) is 21.2. The molecule has 0 atom stereocenters. The van der Waals surface area contributed by atoms with Gasteiger partial charge in [0.05, 0.1) is 29.7 Å². The van der Waals surface area contributed by atoms with Crippen molar-refractivity contribution in [2.75, 3.05) is 25.0 Å². The Balaban J connectivity index is 2.35. The molecule has 0 aromatic heterocycles. The van der Waals surface area contributed by atoms with Crippen molar-refractivity contribution in [1.82, 2.24) is 5.32 Å². The number of esters is 1. The molecule has 0 saturated heterocycles. The van der Waals surface area contributed by atoms with E-state index < -0.39 is 21.9 Å². The van der Waals surface area contributed by atoms with Crippen molar-refractivity contribution in [2.45, 2.75) is 18.7 Å². The second-order valence-electron chi connectivity index (χ2n) is 5.63. The highest BCUT2D eigenvalue weighted by Gasteiger charge is 2.20. The Labute approximate surface area is 163 Å². The van der Waals surface area contributed by atoms with Gasteiger partial charge in [-0.25, -0.2) is 13.2 Å². The second kappa shape index (κ2) is 9.23. The molecule has 2 aromatic rings. The number of hydrogen-bond donors (Lipinski definition) is 2. The number of hydrogen-bond acceptors (Lipinski definition) is 6. The monoisotopic (exact) mass is 406 g/mol. The average molecular weight is 406 g/mol. The van der Waals surface area contributed by atoms with Crippen molar-refractivity contribution in [1.29, 1.82) is 0 Å². The zero-order valence-corrected chi connectivity index (χ0v) is 16.6. The molecule has 0 unspecified atom stereocenters. The Morgan fingerprint density at radius 1 is 1.07 bits per heavy atom. The lowest BCUT2D eigenvalue weighted by Gasteiger charge is -2.13. The predicted octanol–water partition coefficient (Wildman–Crippen LogP) is 2.42.